The fourth-order valence-corrected chi connectivity index (χ4v) is 5.29. The van der Waals surface area contributed by atoms with E-state index in [2.05, 4.69) is 25.3 Å². The number of aromatic nitrogens is 4. The Bertz CT molecular complexity index is 1530. The molecule has 0 radical (unpaired) electrons. The molecule has 41 heavy (non-hydrogen) atoms. The van der Waals surface area contributed by atoms with Crippen molar-refractivity contribution in [3.63, 3.8) is 0 Å². The van der Waals surface area contributed by atoms with Crippen LogP contribution in [0.1, 0.15) is 11.8 Å². The molecular weight excluding hydrogens is 561 g/mol. The molecule has 2 aromatic carbocycles. The maximum atomic E-state index is 12.8. The molecular formula is C26H27F3N8O3S. The van der Waals surface area contributed by atoms with Gasteiger partial charge in [0.25, 0.3) is 0 Å². The lowest BCUT2D eigenvalue weighted by Gasteiger charge is -2.16. The number of anilines is 2. The molecule has 1 aliphatic rings. The second-order valence-corrected chi connectivity index (χ2v) is 10.4. The van der Waals surface area contributed by atoms with Crippen LogP contribution in [0.5, 0.6) is 0 Å². The van der Waals surface area contributed by atoms with Crippen LogP contribution in [0.3, 0.4) is 0 Å². The van der Waals surface area contributed by atoms with E-state index in [-0.39, 0.29) is 11.8 Å². The van der Waals surface area contributed by atoms with Gasteiger partial charge in [-0.15, -0.1) is 0 Å². The number of nitrogens with zero attached hydrogens (tertiary/aromatic N) is 5. The third-order valence-electron chi connectivity index (χ3n) is 6.48. The van der Waals surface area contributed by atoms with Gasteiger partial charge >= 0.3 is 6.18 Å². The Morgan fingerprint density at radius 2 is 1.85 bits per heavy atom. The number of fused-ring (bicyclic) bond motifs is 1. The topological polar surface area (TPSA) is 170 Å². The van der Waals surface area contributed by atoms with Crippen LogP contribution in [0, 0.1) is 0 Å². The predicted molar refractivity (Wildman–Crippen MR) is 150 cm³/mol. The minimum absolute atomic E-state index is 0.177. The van der Waals surface area contributed by atoms with Crippen molar-refractivity contribution in [2.75, 3.05) is 29.1 Å². The number of aliphatic imine (C=N–C) groups is 1. The van der Waals surface area contributed by atoms with E-state index in [4.69, 9.17) is 16.2 Å². The molecule has 216 valence electrons. The molecule has 1 aliphatic heterocycles. The molecule has 1 fully saturated rings. The third kappa shape index (κ3) is 6.37. The molecule has 0 spiro atoms. The first-order chi connectivity index (χ1) is 19.6. The number of aliphatic hydroxyl groups is 2. The maximum absolute atomic E-state index is 12.8. The summed E-state index contributed by atoms with van der Waals surface area (Å²) >= 11 is 1.48. The first kappa shape index (κ1) is 28.6. The fraction of sp³-hybridized carbons (Fsp3) is 0.308. The third-order valence-corrected chi connectivity index (χ3v) is 7.51. The second-order valence-electron chi connectivity index (χ2n) is 9.25. The fourth-order valence-electron chi connectivity index (χ4n) is 4.40. The van der Waals surface area contributed by atoms with Crippen molar-refractivity contribution in [1.29, 1.82) is 0 Å². The summed E-state index contributed by atoms with van der Waals surface area (Å²) in [7, 11) is 0. The normalized spacial score (nSPS) is 21.4. The highest BCUT2D eigenvalue weighted by molar-refractivity contribution is 7.99. The molecule has 4 aromatic rings. The van der Waals surface area contributed by atoms with E-state index < -0.39 is 36.3 Å². The Morgan fingerprint density at radius 1 is 1.07 bits per heavy atom. The number of thioether (sulfide) groups is 1. The Labute approximate surface area is 236 Å². The van der Waals surface area contributed by atoms with Crippen LogP contribution < -0.4 is 16.8 Å². The smallest absolute Gasteiger partial charge is 0.387 e. The summed E-state index contributed by atoms with van der Waals surface area (Å²) in [5.74, 6) is 1.35. The van der Waals surface area contributed by atoms with Gasteiger partial charge in [-0.1, -0.05) is 24.3 Å². The lowest BCUT2D eigenvalue weighted by molar-refractivity contribution is -0.137. The molecule has 1 saturated heterocycles. The minimum atomic E-state index is -4.39. The quantitative estimate of drug-likeness (QED) is 0.117. The number of hydrogen-bond donors (Lipinski definition) is 5. The first-order valence-electron chi connectivity index (χ1n) is 12.5. The van der Waals surface area contributed by atoms with Gasteiger partial charge < -0.3 is 31.7 Å². The van der Waals surface area contributed by atoms with Crippen LogP contribution >= 0.6 is 11.8 Å². The van der Waals surface area contributed by atoms with Crippen molar-refractivity contribution in [1.82, 2.24) is 19.5 Å². The number of halogens is 3. The number of imidazole rings is 1. The van der Waals surface area contributed by atoms with Crippen molar-refractivity contribution < 1.29 is 28.1 Å². The van der Waals surface area contributed by atoms with Gasteiger partial charge in [0.2, 0.25) is 0 Å². The zero-order valence-electron chi connectivity index (χ0n) is 21.4. The number of nitrogen functional groups attached to an aromatic ring is 1. The molecule has 0 bridgehead atoms. The Balaban J connectivity index is 1.11. The summed E-state index contributed by atoms with van der Waals surface area (Å²) in [6.07, 6.45) is -5.48. The van der Waals surface area contributed by atoms with Gasteiger partial charge in [-0.05, 0) is 35.4 Å². The van der Waals surface area contributed by atoms with E-state index in [1.54, 1.807) is 24.3 Å². The standard InChI is InChI=1S/C26H27F3N8O3S/c27-26(28,29)16-6-4-14(5-7-16)15-2-1-3-17(10-15)36-25(31)32-8-9-41-11-18-20(38)21(39)24(40-18)37-13-35-19-22(30)33-12-34-23(19)37/h1-7,10,12-13,18,20-21,24,38-39H,8-9,11H2,(H2,30,33,34)(H3,31,32,36)/t18-,20-,21-,24-/m1/s1. The van der Waals surface area contributed by atoms with Gasteiger partial charge in [-0.2, -0.15) is 24.9 Å². The van der Waals surface area contributed by atoms with Crippen molar-refractivity contribution in [3.05, 3.63) is 66.7 Å². The molecule has 7 N–H and O–H groups in total. The van der Waals surface area contributed by atoms with E-state index >= 15 is 0 Å². The van der Waals surface area contributed by atoms with Crippen LogP contribution in [0.2, 0.25) is 0 Å². The second kappa shape index (κ2) is 11.9. The molecule has 5 rings (SSSR count). The van der Waals surface area contributed by atoms with Gasteiger partial charge in [0.1, 0.15) is 24.1 Å². The van der Waals surface area contributed by atoms with E-state index in [0.717, 1.165) is 17.7 Å². The van der Waals surface area contributed by atoms with E-state index in [0.29, 0.717) is 40.5 Å². The SMILES string of the molecule is NC(=NCCSC[C@H]1O[C@@H](n2cnc3c(N)ncnc32)[C@H](O)[C@@H]1O)Nc1cccc(-c2ccc(C(F)(F)F)cc2)c1. The molecule has 11 nitrogen and oxygen atoms in total. The highest BCUT2D eigenvalue weighted by Gasteiger charge is 2.44. The monoisotopic (exact) mass is 588 g/mol. The average Bonchev–Trinajstić information content (AvgIpc) is 3.50. The highest BCUT2D eigenvalue weighted by Crippen LogP contribution is 2.34. The molecule has 3 heterocycles. The number of aliphatic hydroxyl groups excluding tert-OH is 2. The first-order valence-corrected chi connectivity index (χ1v) is 13.6. The van der Waals surface area contributed by atoms with Gasteiger partial charge in [-0.25, -0.2) is 15.0 Å². The number of rotatable bonds is 8. The Hall–Kier alpha value is -3.92. The van der Waals surface area contributed by atoms with Gasteiger partial charge in [-0.3, -0.25) is 9.56 Å². The highest BCUT2D eigenvalue weighted by atomic mass is 32.2. The zero-order valence-corrected chi connectivity index (χ0v) is 22.3. The van der Waals surface area contributed by atoms with Crippen molar-refractivity contribution >= 4 is 40.4 Å². The van der Waals surface area contributed by atoms with Gasteiger partial charge in [0, 0.05) is 17.2 Å². The molecule has 0 unspecified atom stereocenters. The van der Waals surface area contributed by atoms with Crippen LogP contribution in [0.4, 0.5) is 24.7 Å². The van der Waals surface area contributed by atoms with E-state index in [1.165, 1.54) is 41.1 Å². The number of nitrogens with two attached hydrogens (primary N) is 2. The molecule has 2 aromatic heterocycles. The Morgan fingerprint density at radius 3 is 2.61 bits per heavy atom. The average molecular weight is 589 g/mol. The largest absolute Gasteiger partial charge is 0.416 e. The summed E-state index contributed by atoms with van der Waals surface area (Å²) in [6.45, 7) is 0.374. The lowest BCUT2D eigenvalue weighted by atomic mass is 10.0. The summed E-state index contributed by atoms with van der Waals surface area (Å²) in [5, 5.41) is 24.1. The van der Waals surface area contributed by atoms with Gasteiger partial charge in [0.15, 0.2) is 23.7 Å². The van der Waals surface area contributed by atoms with Crippen LogP contribution in [-0.2, 0) is 10.9 Å². The van der Waals surface area contributed by atoms with Crippen molar-refractivity contribution in [2.45, 2.75) is 30.7 Å². The number of hydrogen-bond acceptors (Lipinski definition) is 9. The summed E-state index contributed by atoms with van der Waals surface area (Å²) in [5.41, 5.74) is 13.9. The van der Waals surface area contributed by atoms with Crippen molar-refractivity contribution in [2.24, 2.45) is 10.7 Å². The maximum Gasteiger partial charge on any atom is 0.416 e. The summed E-state index contributed by atoms with van der Waals surface area (Å²) in [6, 6.07) is 12.0. The lowest BCUT2D eigenvalue weighted by Crippen LogP contribution is -2.32. The summed E-state index contributed by atoms with van der Waals surface area (Å²) < 4.78 is 46.0. The number of ether oxygens (including phenoxy) is 1. The van der Waals surface area contributed by atoms with Crippen LogP contribution in [0.25, 0.3) is 22.3 Å². The van der Waals surface area contributed by atoms with Gasteiger partial charge in [0.05, 0.1) is 24.5 Å². The van der Waals surface area contributed by atoms with E-state index in [1.807, 2.05) is 0 Å². The number of benzene rings is 2. The molecule has 0 aliphatic carbocycles. The number of nitrogens with one attached hydrogen (secondary N) is 1. The predicted octanol–water partition coefficient (Wildman–Crippen LogP) is 2.87. The van der Waals surface area contributed by atoms with Crippen LogP contribution in [-0.4, -0.2) is 72.1 Å². The van der Waals surface area contributed by atoms with Crippen molar-refractivity contribution in [3.8, 4) is 11.1 Å². The molecule has 0 saturated carbocycles. The zero-order chi connectivity index (χ0) is 29.1. The Kier molecular flexibility index (Phi) is 8.30. The molecule has 15 heteroatoms. The molecule has 4 atom stereocenters. The van der Waals surface area contributed by atoms with Crippen LogP contribution in [0.15, 0.2) is 66.2 Å². The molecule has 0 amide bonds. The number of alkyl halides is 3. The van der Waals surface area contributed by atoms with E-state index in [9.17, 15) is 23.4 Å². The number of guanidine groups is 1. The summed E-state index contributed by atoms with van der Waals surface area (Å²) in [4.78, 5) is 16.5. The minimum Gasteiger partial charge on any atom is -0.387 e.